The predicted octanol–water partition coefficient (Wildman–Crippen LogP) is 3.92. The zero-order valence-corrected chi connectivity index (χ0v) is 8.79. The highest BCUT2D eigenvalue weighted by Gasteiger charge is 2.24. The molecule has 0 N–H and O–H groups in total. The summed E-state index contributed by atoms with van der Waals surface area (Å²) in [5.74, 6) is 1.30. The van der Waals surface area contributed by atoms with Crippen molar-refractivity contribution in [3.8, 4) is 0 Å². The van der Waals surface area contributed by atoms with Gasteiger partial charge in [0.05, 0.1) is 0 Å². The third-order valence-electron chi connectivity index (χ3n) is 2.99. The van der Waals surface area contributed by atoms with Gasteiger partial charge in [-0.2, -0.15) is 0 Å². The first-order valence-electron chi connectivity index (χ1n) is 5.41. The van der Waals surface area contributed by atoms with Crippen LogP contribution in [0.2, 0.25) is 0 Å². The summed E-state index contributed by atoms with van der Waals surface area (Å²) in [4.78, 5) is 3.78. The number of pyridine rings is 1. The topological polar surface area (TPSA) is 12.9 Å². The minimum atomic E-state index is -2.46. The van der Waals surface area contributed by atoms with E-state index in [1.807, 2.05) is 0 Å². The molecule has 1 aliphatic carbocycles. The van der Waals surface area contributed by atoms with E-state index in [4.69, 9.17) is 0 Å². The Hall–Kier alpha value is -0.990. The molecule has 1 aromatic rings. The van der Waals surface area contributed by atoms with Gasteiger partial charge in [0.25, 0.3) is 6.43 Å². The molecule has 1 unspecified atom stereocenters. The van der Waals surface area contributed by atoms with E-state index in [0.717, 1.165) is 17.9 Å². The van der Waals surface area contributed by atoms with Gasteiger partial charge in [-0.1, -0.05) is 25.8 Å². The fraction of sp³-hybridized carbons (Fsp3) is 0.583. The van der Waals surface area contributed by atoms with E-state index in [2.05, 4.69) is 11.9 Å². The highest BCUT2D eigenvalue weighted by Crippen LogP contribution is 2.38. The van der Waals surface area contributed by atoms with Gasteiger partial charge in [-0.15, -0.1) is 0 Å². The molecular formula is C12H15F2N. The zero-order valence-electron chi connectivity index (χ0n) is 8.79. The van der Waals surface area contributed by atoms with E-state index in [1.165, 1.54) is 18.9 Å². The van der Waals surface area contributed by atoms with Gasteiger partial charge in [-0.3, -0.25) is 4.98 Å². The third kappa shape index (κ3) is 2.74. The maximum absolute atomic E-state index is 12.3. The molecule has 3 heteroatoms. The third-order valence-corrected chi connectivity index (χ3v) is 2.99. The second kappa shape index (κ2) is 4.25. The quantitative estimate of drug-likeness (QED) is 0.735. The summed E-state index contributed by atoms with van der Waals surface area (Å²) in [5.41, 5.74) is 0.948. The second-order valence-corrected chi connectivity index (χ2v) is 4.40. The van der Waals surface area contributed by atoms with Gasteiger partial charge < -0.3 is 0 Å². The molecular weight excluding hydrogens is 196 g/mol. The lowest BCUT2D eigenvalue weighted by Crippen LogP contribution is -1.97. The Morgan fingerprint density at radius 2 is 2.13 bits per heavy atom. The molecule has 0 aromatic carbocycles. The fourth-order valence-electron chi connectivity index (χ4n) is 1.83. The van der Waals surface area contributed by atoms with Gasteiger partial charge in [-0.25, -0.2) is 8.78 Å². The number of alkyl halides is 2. The van der Waals surface area contributed by atoms with Crippen LogP contribution in [0, 0.1) is 5.92 Å². The summed E-state index contributed by atoms with van der Waals surface area (Å²) in [6.45, 7) is 2.14. The minimum Gasteiger partial charge on any atom is -0.255 e. The summed E-state index contributed by atoms with van der Waals surface area (Å²) < 4.78 is 24.5. The fourth-order valence-corrected chi connectivity index (χ4v) is 1.83. The number of hydrogen-bond acceptors (Lipinski definition) is 1. The van der Waals surface area contributed by atoms with Gasteiger partial charge in [0.1, 0.15) is 5.69 Å². The van der Waals surface area contributed by atoms with Crippen molar-refractivity contribution in [2.75, 3.05) is 0 Å². The van der Waals surface area contributed by atoms with Crippen molar-refractivity contribution < 1.29 is 8.78 Å². The van der Waals surface area contributed by atoms with Gasteiger partial charge in [0.2, 0.25) is 0 Å². The van der Waals surface area contributed by atoms with Crippen LogP contribution in [0.5, 0.6) is 0 Å². The predicted molar refractivity (Wildman–Crippen MR) is 55.0 cm³/mol. The molecule has 1 saturated carbocycles. The van der Waals surface area contributed by atoms with Gasteiger partial charge in [0.15, 0.2) is 0 Å². The first-order valence-corrected chi connectivity index (χ1v) is 5.41. The second-order valence-electron chi connectivity index (χ2n) is 4.40. The summed E-state index contributed by atoms with van der Waals surface area (Å²) in [6.07, 6.45) is 2.95. The molecule has 0 saturated heterocycles. The van der Waals surface area contributed by atoms with Crippen molar-refractivity contribution in [1.29, 1.82) is 0 Å². The zero-order chi connectivity index (χ0) is 10.8. The van der Waals surface area contributed by atoms with E-state index < -0.39 is 6.43 Å². The molecule has 2 rings (SSSR count). The average molecular weight is 211 g/mol. The van der Waals surface area contributed by atoms with E-state index in [-0.39, 0.29) is 5.69 Å². The molecule has 0 aliphatic heterocycles. The molecule has 1 nitrogen and oxygen atoms in total. The first-order chi connectivity index (χ1) is 7.16. The molecule has 1 heterocycles. The Morgan fingerprint density at radius 1 is 1.40 bits per heavy atom. The van der Waals surface area contributed by atoms with Crippen LogP contribution in [0.25, 0.3) is 0 Å². The van der Waals surface area contributed by atoms with Gasteiger partial charge in [-0.05, 0) is 29.9 Å². The van der Waals surface area contributed by atoms with Crippen molar-refractivity contribution >= 4 is 0 Å². The number of nitrogens with zero attached hydrogens (tertiary/aromatic N) is 1. The highest BCUT2D eigenvalue weighted by atomic mass is 19.3. The van der Waals surface area contributed by atoms with Crippen LogP contribution in [0.4, 0.5) is 8.78 Å². The van der Waals surface area contributed by atoms with E-state index in [9.17, 15) is 8.78 Å². The standard InChI is InChI=1S/C12H15F2N/c1-8(6-9-2-3-9)10-4-5-11(12(13)14)15-7-10/h4-5,7-9,12H,2-3,6H2,1H3. The van der Waals surface area contributed by atoms with Gasteiger partial charge in [0, 0.05) is 6.20 Å². The SMILES string of the molecule is CC(CC1CC1)c1ccc(C(F)F)nc1. The van der Waals surface area contributed by atoms with Crippen molar-refractivity contribution in [2.45, 2.75) is 38.5 Å². The van der Waals surface area contributed by atoms with Crippen LogP contribution >= 0.6 is 0 Å². The molecule has 0 radical (unpaired) electrons. The van der Waals surface area contributed by atoms with Crippen molar-refractivity contribution in [2.24, 2.45) is 5.92 Å². The number of halogens is 2. The number of hydrogen-bond donors (Lipinski definition) is 0. The number of rotatable bonds is 4. The van der Waals surface area contributed by atoms with Crippen LogP contribution in [0.1, 0.15) is 49.8 Å². The Labute approximate surface area is 88.5 Å². The normalized spacial score (nSPS) is 18.1. The molecule has 0 amide bonds. The summed E-state index contributed by atoms with van der Waals surface area (Å²) >= 11 is 0. The lowest BCUT2D eigenvalue weighted by Gasteiger charge is -2.10. The summed E-state index contributed by atoms with van der Waals surface area (Å²) in [7, 11) is 0. The summed E-state index contributed by atoms with van der Waals surface area (Å²) in [5, 5.41) is 0. The molecule has 82 valence electrons. The summed E-state index contributed by atoms with van der Waals surface area (Å²) in [6, 6.07) is 3.21. The Morgan fingerprint density at radius 3 is 2.60 bits per heavy atom. The maximum atomic E-state index is 12.3. The molecule has 0 spiro atoms. The molecule has 15 heavy (non-hydrogen) atoms. The largest absolute Gasteiger partial charge is 0.280 e. The van der Waals surface area contributed by atoms with Crippen molar-refractivity contribution in [3.63, 3.8) is 0 Å². The molecule has 1 aliphatic rings. The maximum Gasteiger partial charge on any atom is 0.280 e. The Bertz CT molecular complexity index is 317. The Balaban J connectivity index is 2.01. The lowest BCUT2D eigenvalue weighted by molar-refractivity contribution is 0.146. The van der Waals surface area contributed by atoms with Crippen LogP contribution in [-0.4, -0.2) is 4.98 Å². The van der Waals surface area contributed by atoms with E-state index in [0.29, 0.717) is 5.92 Å². The minimum absolute atomic E-state index is 0.127. The highest BCUT2D eigenvalue weighted by molar-refractivity contribution is 5.18. The smallest absolute Gasteiger partial charge is 0.255 e. The monoisotopic (exact) mass is 211 g/mol. The van der Waals surface area contributed by atoms with Crippen molar-refractivity contribution in [1.82, 2.24) is 4.98 Å². The first kappa shape index (κ1) is 10.5. The van der Waals surface area contributed by atoms with Gasteiger partial charge >= 0.3 is 0 Å². The number of aromatic nitrogens is 1. The van der Waals surface area contributed by atoms with Crippen LogP contribution in [-0.2, 0) is 0 Å². The van der Waals surface area contributed by atoms with Crippen molar-refractivity contribution in [3.05, 3.63) is 29.6 Å². The van der Waals surface area contributed by atoms with Crippen LogP contribution < -0.4 is 0 Å². The van der Waals surface area contributed by atoms with Crippen LogP contribution in [0.15, 0.2) is 18.3 Å². The molecule has 0 bridgehead atoms. The van der Waals surface area contributed by atoms with Crippen LogP contribution in [0.3, 0.4) is 0 Å². The molecule has 1 atom stereocenters. The molecule has 1 aromatic heterocycles. The molecule has 1 fully saturated rings. The van der Waals surface area contributed by atoms with E-state index >= 15 is 0 Å². The average Bonchev–Trinajstić information content (AvgIpc) is 3.02. The van der Waals surface area contributed by atoms with E-state index in [1.54, 1.807) is 12.3 Å². The lowest BCUT2D eigenvalue weighted by atomic mass is 9.97. The Kier molecular flexibility index (Phi) is 2.98.